The summed E-state index contributed by atoms with van der Waals surface area (Å²) >= 11 is 1.65. The van der Waals surface area contributed by atoms with Crippen molar-refractivity contribution in [1.82, 2.24) is 20.2 Å². The van der Waals surface area contributed by atoms with Crippen molar-refractivity contribution in [2.45, 2.75) is 24.0 Å². The van der Waals surface area contributed by atoms with Gasteiger partial charge < -0.3 is 11.2 Å². The summed E-state index contributed by atoms with van der Waals surface area (Å²) in [6.07, 6.45) is 4.05. The summed E-state index contributed by atoms with van der Waals surface area (Å²) in [4.78, 5) is 0. The van der Waals surface area contributed by atoms with E-state index in [0.717, 1.165) is 17.5 Å². The molecule has 1 saturated heterocycles. The molecule has 72 valence electrons. The van der Waals surface area contributed by atoms with E-state index < -0.39 is 0 Å². The van der Waals surface area contributed by atoms with E-state index >= 15 is 0 Å². The molecule has 1 aliphatic heterocycles. The van der Waals surface area contributed by atoms with E-state index in [-0.39, 0.29) is 0 Å². The lowest BCUT2D eigenvalue weighted by molar-refractivity contribution is 0.672. The zero-order chi connectivity index (χ0) is 9.10. The molecule has 0 aliphatic carbocycles. The second kappa shape index (κ2) is 3.97. The van der Waals surface area contributed by atoms with Crippen molar-refractivity contribution >= 4 is 11.8 Å². The van der Waals surface area contributed by atoms with Crippen LogP contribution in [0.25, 0.3) is 0 Å². The Balaban J connectivity index is 1.82. The summed E-state index contributed by atoms with van der Waals surface area (Å²) in [6, 6.07) is 0.613. The van der Waals surface area contributed by atoms with Crippen molar-refractivity contribution in [2.24, 2.45) is 0 Å². The monoisotopic (exact) mass is 199 g/mol. The molecule has 1 aromatic rings. The molecule has 0 radical (unpaired) electrons. The molecule has 6 heteroatoms. The molecule has 0 spiro atoms. The van der Waals surface area contributed by atoms with Gasteiger partial charge >= 0.3 is 0 Å². The molecule has 0 saturated carbocycles. The van der Waals surface area contributed by atoms with Gasteiger partial charge in [0.1, 0.15) is 6.33 Å². The van der Waals surface area contributed by atoms with Crippen LogP contribution in [0.1, 0.15) is 12.8 Å². The highest BCUT2D eigenvalue weighted by atomic mass is 32.2. The molecule has 0 unspecified atom stereocenters. The lowest BCUT2D eigenvalue weighted by Gasteiger charge is -2.07. The van der Waals surface area contributed by atoms with Gasteiger partial charge in [-0.1, -0.05) is 11.8 Å². The van der Waals surface area contributed by atoms with Crippen LogP contribution in [0.5, 0.6) is 0 Å². The lowest BCUT2D eigenvalue weighted by atomic mass is 10.3. The van der Waals surface area contributed by atoms with Crippen molar-refractivity contribution in [1.29, 1.82) is 0 Å². The third-order valence-corrected chi connectivity index (χ3v) is 3.24. The van der Waals surface area contributed by atoms with E-state index in [1.807, 2.05) is 0 Å². The number of nitrogen functional groups attached to an aromatic ring is 1. The van der Waals surface area contributed by atoms with Crippen LogP contribution in [0, 0.1) is 0 Å². The summed E-state index contributed by atoms with van der Waals surface area (Å²) in [6.45, 7) is 1.14. The maximum Gasteiger partial charge on any atom is 0.209 e. The van der Waals surface area contributed by atoms with Crippen LogP contribution < -0.4 is 11.2 Å². The number of thioether (sulfide) groups is 1. The fraction of sp³-hybridized carbons (Fsp3) is 0.714. The minimum absolute atomic E-state index is 0.613. The molecular formula is C7H13N5S. The highest BCUT2D eigenvalue weighted by molar-refractivity contribution is 7.99. The van der Waals surface area contributed by atoms with Gasteiger partial charge in [0.2, 0.25) is 5.16 Å². The fourth-order valence-corrected chi connectivity index (χ4v) is 2.35. The van der Waals surface area contributed by atoms with E-state index in [1.54, 1.807) is 11.8 Å². The molecule has 0 bridgehead atoms. The second-order valence-corrected chi connectivity index (χ2v) is 4.11. The lowest BCUT2D eigenvalue weighted by Crippen LogP contribution is -2.24. The molecule has 0 aromatic carbocycles. The van der Waals surface area contributed by atoms with Crippen LogP contribution in [0.4, 0.5) is 0 Å². The third-order valence-electron chi connectivity index (χ3n) is 2.12. The highest BCUT2D eigenvalue weighted by Crippen LogP contribution is 2.17. The number of aromatic nitrogens is 3. The minimum atomic E-state index is 0.613. The Morgan fingerprint density at radius 1 is 1.77 bits per heavy atom. The van der Waals surface area contributed by atoms with Crippen LogP contribution in [0.3, 0.4) is 0 Å². The first-order chi connectivity index (χ1) is 6.36. The van der Waals surface area contributed by atoms with Crippen molar-refractivity contribution < 1.29 is 0 Å². The maximum atomic E-state index is 5.58. The van der Waals surface area contributed by atoms with Gasteiger partial charge in [-0.05, 0) is 19.4 Å². The van der Waals surface area contributed by atoms with E-state index in [2.05, 4.69) is 15.5 Å². The Labute approximate surface area is 81.1 Å². The number of nitrogens with two attached hydrogens (primary N) is 1. The van der Waals surface area contributed by atoms with Crippen molar-refractivity contribution in [3.8, 4) is 0 Å². The zero-order valence-electron chi connectivity index (χ0n) is 7.31. The van der Waals surface area contributed by atoms with Gasteiger partial charge in [-0.15, -0.1) is 10.2 Å². The molecular weight excluding hydrogens is 186 g/mol. The third kappa shape index (κ3) is 2.13. The van der Waals surface area contributed by atoms with Gasteiger partial charge in [-0.2, -0.15) is 0 Å². The molecule has 3 N–H and O–H groups in total. The van der Waals surface area contributed by atoms with E-state index in [0.29, 0.717) is 6.04 Å². The normalized spacial score (nSPS) is 22.3. The zero-order valence-corrected chi connectivity index (χ0v) is 8.13. The number of hydrogen-bond acceptors (Lipinski definition) is 5. The van der Waals surface area contributed by atoms with Gasteiger partial charge in [-0.25, -0.2) is 4.68 Å². The Kier molecular flexibility index (Phi) is 2.70. The quantitative estimate of drug-likeness (QED) is 0.523. The molecule has 1 atom stereocenters. The fourth-order valence-electron chi connectivity index (χ4n) is 1.41. The van der Waals surface area contributed by atoms with Crippen molar-refractivity contribution in [3.05, 3.63) is 6.33 Å². The van der Waals surface area contributed by atoms with Crippen LogP contribution in [0.2, 0.25) is 0 Å². The smallest absolute Gasteiger partial charge is 0.209 e. The van der Waals surface area contributed by atoms with Crippen LogP contribution in [-0.4, -0.2) is 33.2 Å². The minimum Gasteiger partial charge on any atom is -0.336 e. The first-order valence-corrected chi connectivity index (χ1v) is 5.36. The van der Waals surface area contributed by atoms with Gasteiger partial charge in [0, 0.05) is 11.8 Å². The van der Waals surface area contributed by atoms with Crippen molar-refractivity contribution in [2.75, 3.05) is 18.1 Å². The predicted molar refractivity (Wildman–Crippen MR) is 51.9 cm³/mol. The first kappa shape index (κ1) is 8.83. The van der Waals surface area contributed by atoms with Gasteiger partial charge in [0.25, 0.3) is 0 Å². The molecule has 2 rings (SSSR count). The van der Waals surface area contributed by atoms with Crippen LogP contribution in [-0.2, 0) is 0 Å². The Morgan fingerprint density at radius 2 is 2.69 bits per heavy atom. The standard InChI is InChI=1S/C7H13N5S/c8-12-5-10-11-7(12)13-4-6-2-1-3-9-6/h5-6,9H,1-4,8H2/t6-/m0/s1. The Morgan fingerprint density at radius 3 is 3.31 bits per heavy atom. The SMILES string of the molecule is Nn1cnnc1SC[C@@H]1CCCN1. The summed E-state index contributed by atoms with van der Waals surface area (Å²) in [5, 5.41) is 11.8. The van der Waals surface area contributed by atoms with Crippen LogP contribution >= 0.6 is 11.8 Å². The number of nitrogens with zero attached hydrogens (tertiary/aromatic N) is 3. The van der Waals surface area contributed by atoms with Gasteiger partial charge in [0.15, 0.2) is 0 Å². The predicted octanol–water partition coefficient (Wildman–Crippen LogP) is -0.164. The van der Waals surface area contributed by atoms with Crippen LogP contribution in [0.15, 0.2) is 11.5 Å². The van der Waals surface area contributed by atoms with E-state index in [4.69, 9.17) is 5.84 Å². The van der Waals surface area contributed by atoms with E-state index in [9.17, 15) is 0 Å². The first-order valence-electron chi connectivity index (χ1n) is 4.37. The number of nitrogens with one attached hydrogen (secondary N) is 1. The van der Waals surface area contributed by atoms with Gasteiger partial charge in [0.05, 0.1) is 0 Å². The molecule has 5 nitrogen and oxygen atoms in total. The summed E-state index contributed by atoms with van der Waals surface area (Å²) in [7, 11) is 0. The Bertz CT molecular complexity index is 268. The molecule has 1 aromatic heterocycles. The molecule has 1 aliphatic rings. The average Bonchev–Trinajstić information content (AvgIpc) is 2.72. The molecule has 13 heavy (non-hydrogen) atoms. The molecule has 1 fully saturated rings. The second-order valence-electron chi connectivity index (χ2n) is 3.13. The average molecular weight is 199 g/mol. The topological polar surface area (TPSA) is 68.8 Å². The van der Waals surface area contributed by atoms with Crippen molar-refractivity contribution in [3.63, 3.8) is 0 Å². The largest absolute Gasteiger partial charge is 0.336 e. The summed E-state index contributed by atoms with van der Waals surface area (Å²) in [5.41, 5.74) is 0. The van der Waals surface area contributed by atoms with E-state index in [1.165, 1.54) is 23.8 Å². The molecule has 2 heterocycles. The number of hydrogen-bond donors (Lipinski definition) is 2. The highest BCUT2D eigenvalue weighted by Gasteiger charge is 2.15. The number of rotatable bonds is 3. The maximum absolute atomic E-state index is 5.58. The summed E-state index contributed by atoms with van der Waals surface area (Å²) in [5.74, 6) is 6.60. The molecule has 0 amide bonds. The summed E-state index contributed by atoms with van der Waals surface area (Å²) < 4.78 is 1.46. The van der Waals surface area contributed by atoms with Gasteiger partial charge in [-0.3, -0.25) is 0 Å². The Hall–Kier alpha value is -0.750.